The summed E-state index contributed by atoms with van der Waals surface area (Å²) in [6.07, 6.45) is 3.06. The Balaban J connectivity index is 2.17. The number of rotatable bonds is 3. The van der Waals surface area contributed by atoms with Crippen LogP contribution in [0.4, 0.5) is 4.39 Å². The van der Waals surface area contributed by atoms with Crippen LogP contribution in [0.3, 0.4) is 0 Å². The van der Waals surface area contributed by atoms with Gasteiger partial charge in [-0.3, -0.25) is 4.57 Å². The van der Waals surface area contributed by atoms with Crippen LogP contribution in [0.15, 0.2) is 47.5 Å². The predicted molar refractivity (Wildman–Crippen MR) is 61.8 cm³/mol. The molecule has 0 amide bonds. The lowest BCUT2D eigenvalue weighted by Crippen LogP contribution is -2.27. The molecule has 1 aromatic carbocycles. The highest BCUT2D eigenvalue weighted by Gasteiger charge is 2.07. The van der Waals surface area contributed by atoms with Crippen molar-refractivity contribution in [3.63, 3.8) is 0 Å². The third kappa shape index (κ3) is 2.76. The minimum absolute atomic E-state index is 0.306. The molecule has 0 fully saturated rings. The van der Waals surface area contributed by atoms with E-state index < -0.39 is 0 Å². The van der Waals surface area contributed by atoms with Crippen molar-refractivity contribution in [3.8, 4) is 0 Å². The molecule has 0 aliphatic rings. The van der Waals surface area contributed by atoms with Crippen molar-refractivity contribution in [2.75, 3.05) is 0 Å². The molecule has 5 heteroatoms. The Labute approximate surface area is 97.5 Å². The topological polar surface area (TPSA) is 60.9 Å². The third-order valence-corrected chi connectivity index (χ3v) is 2.47. The van der Waals surface area contributed by atoms with E-state index in [1.807, 2.05) is 0 Å². The molecule has 2 aromatic rings. The van der Waals surface area contributed by atoms with Crippen LogP contribution in [0, 0.1) is 5.82 Å². The molecule has 88 valence electrons. The Bertz CT molecular complexity index is 550. The molecule has 1 aromatic heterocycles. The first kappa shape index (κ1) is 11.5. The lowest BCUT2D eigenvalue weighted by atomic mass is 10.1. The zero-order valence-corrected chi connectivity index (χ0v) is 9.08. The van der Waals surface area contributed by atoms with Crippen molar-refractivity contribution >= 4 is 0 Å². The molecule has 0 spiro atoms. The van der Waals surface area contributed by atoms with Crippen molar-refractivity contribution in [1.29, 1.82) is 0 Å². The van der Waals surface area contributed by atoms with Gasteiger partial charge in [-0.25, -0.2) is 14.2 Å². The smallest absolute Gasteiger partial charge is 0.322 e. The van der Waals surface area contributed by atoms with Gasteiger partial charge in [-0.2, -0.15) is 0 Å². The highest BCUT2D eigenvalue weighted by atomic mass is 19.1. The molecule has 17 heavy (non-hydrogen) atoms. The van der Waals surface area contributed by atoms with Crippen LogP contribution < -0.4 is 11.4 Å². The number of aromatic nitrogens is 2. The summed E-state index contributed by atoms with van der Waals surface area (Å²) in [5.41, 5.74) is 6.37. The van der Waals surface area contributed by atoms with Gasteiger partial charge in [0.2, 0.25) is 0 Å². The van der Waals surface area contributed by atoms with Crippen molar-refractivity contribution < 1.29 is 4.39 Å². The van der Waals surface area contributed by atoms with Crippen LogP contribution in [0.25, 0.3) is 0 Å². The fourth-order valence-corrected chi connectivity index (χ4v) is 1.55. The second-order valence-corrected chi connectivity index (χ2v) is 3.71. The Kier molecular flexibility index (Phi) is 3.30. The molecule has 0 aliphatic carbocycles. The third-order valence-electron chi connectivity index (χ3n) is 2.47. The van der Waals surface area contributed by atoms with Gasteiger partial charge >= 0.3 is 5.69 Å². The molecular formula is C12H12FN3O. The lowest BCUT2D eigenvalue weighted by Gasteiger charge is -2.13. The molecule has 2 N–H and O–H groups in total. The summed E-state index contributed by atoms with van der Waals surface area (Å²) in [5.74, 6) is -0.306. The maximum absolute atomic E-state index is 12.7. The van der Waals surface area contributed by atoms with Gasteiger partial charge in [-0.1, -0.05) is 12.1 Å². The fourth-order valence-electron chi connectivity index (χ4n) is 1.55. The normalized spacial score (nSPS) is 12.4. The molecule has 1 unspecified atom stereocenters. The second-order valence-electron chi connectivity index (χ2n) is 3.71. The average molecular weight is 233 g/mol. The highest BCUT2D eigenvalue weighted by Crippen LogP contribution is 2.12. The Morgan fingerprint density at radius 1 is 1.35 bits per heavy atom. The van der Waals surface area contributed by atoms with E-state index in [2.05, 4.69) is 4.98 Å². The Morgan fingerprint density at radius 3 is 2.71 bits per heavy atom. The van der Waals surface area contributed by atoms with Crippen LogP contribution in [0.2, 0.25) is 0 Å². The van der Waals surface area contributed by atoms with Crippen LogP contribution >= 0.6 is 0 Å². The van der Waals surface area contributed by atoms with E-state index in [9.17, 15) is 9.18 Å². The first-order chi connectivity index (χ1) is 8.16. The van der Waals surface area contributed by atoms with E-state index in [0.29, 0.717) is 6.54 Å². The molecule has 0 bridgehead atoms. The summed E-state index contributed by atoms with van der Waals surface area (Å²) in [7, 11) is 0. The molecule has 0 saturated carbocycles. The zero-order valence-electron chi connectivity index (χ0n) is 9.08. The number of nitrogens with two attached hydrogens (primary N) is 1. The van der Waals surface area contributed by atoms with Gasteiger partial charge in [0.05, 0.1) is 0 Å². The van der Waals surface area contributed by atoms with Crippen LogP contribution in [0.1, 0.15) is 11.6 Å². The summed E-state index contributed by atoms with van der Waals surface area (Å²) >= 11 is 0. The minimum Gasteiger partial charge on any atom is -0.322 e. The number of nitrogens with zero attached hydrogens (tertiary/aromatic N) is 2. The second kappa shape index (κ2) is 4.88. The highest BCUT2D eigenvalue weighted by molar-refractivity contribution is 5.19. The molecular weight excluding hydrogens is 221 g/mol. The molecule has 0 aliphatic heterocycles. The minimum atomic E-state index is -0.363. The maximum atomic E-state index is 12.7. The quantitative estimate of drug-likeness (QED) is 0.863. The van der Waals surface area contributed by atoms with Crippen molar-refractivity contribution in [1.82, 2.24) is 9.55 Å². The average Bonchev–Trinajstić information content (AvgIpc) is 2.33. The van der Waals surface area contributed by atoms with Gasteiger partial charge < -0.3 is 5.73 Å². The monoisotopic (exact) mass is 233 g/mol. The SMILES string of the molecule is NC(Cn1cccnc1=O)c1ccc(F)cc1. The van der Waals surface area contributed by atoms with Crippen LogP contribution in [0.5, 0.6) is 0 Å². The summed E-state index contributed by atoms with van der Waals surface area (Å²) in [5, 5.41) is 0. The van der Waals surface area contributed by atoms with Crippen molar-refractivity contribution in [2.45, 2.75) is 12.6 Å². The molecule has 0 saturated heterocycles. The van der Waals surface area contributed by atoms with E-state index >= 15 is 0 Å². The first-order valence-electron chi connectivity index (χ1n) is 5.19. The lowest BCUT2D eigenvalue weighted by molar-refractivity contribution is 0.549. The summed E-state index contributed by atoms with van der Waals surface area (Å²) in [4.78, 5) is 15.0. The standard InChI is InChI=1S/C12H12FN3O/c13-10-4-2-9(3-5-10)11(14)8-16-7-1-6-15-12(16)17/h1-7,11H,8,14H2. The molecule has 0 radical (unpaired) electrons. The van der Waals surface area contributed by atoms with Gasteiger partial charge in [0.25, 0.3) is 0 Å². The van der Waals surface area contributed by atoms with Gasteiger partial charge in [0.15, 0.2) is 0 Å². The predicted octanol–water partition coefficient (Wildman–Crippen LogP) is 1.08. The van der Waals surface area contributed by atoms with Crippen LogP contribution in [-0.2, 0) is 6.54 Å². The number of hydrogen-bond acceptors (Lipinski definition) is 3. The summed E-state index contributed by atoms with van der Waals surface area (Å²) < 4.78 is 14.2. The largest absolute Gasteiger partial charge is 0.347 e. The van der Waals surface area contributed by atoms with E-state index in [1.54, 1.807) is 24.4 Å². The van der Waals surface area contributed by atoms with Gasteiger partial charge in [0.1, 0.15) is 5.82 Å². The molecule has 1 heterocycles. The Hall–Kier alpha value is -2.01. The van der Waals surface area contributed by atoms with Crippen LogP contribution in [-0.4, -0.2) is 9.55 Å². The first-order valence-corrected chi connectivity index (χ1v) is 5.19. The zero-order chi connectivity index (χ0) is 12.3. The summed E-state index contributed by atoms with van der Waals surface area (Å²) in [6, 6.07) is 7.22. The number of halogens is 1. The number of hydrogen-bond donors (Lipinski definition) is 1. The van der Waals surface area contributed by atoms with E-state index in [1.165, 1.54) is 22.9 Å². The van der Waals surface area contributed by atoms with Crippen molar-refractivity contribution in [3.05, 3.63) is 64.6 Å². The molecule has 1 atom stereocenters. The van der Waals surface area contributed by atoms with E-state index in [4.69, 9.17) is 5.73 Å². The fraction of sp³-hybridized carbons (Fsp3) is 0.167. The van der Waals surface area contributed by atoms with Gasteiger partial charge in [-0.05, 0) is 23.8 Å². The van der Waals surface area contributed by atoms with Gasteiger partial charge in [0, 0.05) is 25.0 Å². The van der Waals surface area contributed by atoms with Crippen molar-refractivity contribution in [2.24, 2.45) is 5.73 Å². The summed E-state index contributed by atoms with van der Waals surface area (Å²) in [6.45, 7) is 0.318. The molecule has 2 rings (SSSR count). The maximum Gasteiger partial charge on any atom is 0.347 e. The molecule has 4 nitrogen and oxygen atoms in total. The number of benzene rings is 1. The van der Waals surface area contributed by atoms with Gasteiger partial charge in [-0.15, -0.1) is 0 Å². The van der Waals surface area contributed by atoms with E-state index in [0.717, 1.165) is 5.56 Å². The Morgan fingerprint density at radius 2 is 2.06 bits per heavy atom. The van der Waals surface area contributed by atoms with E-state index in [-0.39, 0.29) is 17.5 Å².